The monoisotopic (exact) mass is 350 g/mol. The van der Waals surface area contributed by atoms with E-state index in [2.05, 4.69) is 9.97 Å². The minimum atomic E-state index is -4.57. The molecule has 2 heterocycles. The minimum absolute atomic E-state index is 0.00871. The highest BCUT2D eigenvalue weighted by molar-refractivity contribution is 5.08. The average Bonchev–Trinajstić information content (AvgIpc) is 2.53. The molecule has 0 saturated carbocycles. The van der Waals surface area contributed by atoms with Gasteiger partial charge in [-0.25, -0.2) is 4.98 Å². The Morgan fingerprint density at radius 3 is 2.42 bits per heavy atom. The van der Waals surface area contributed by atoms with Crippen molar-refractivity contribution in [2.75, 3.05) is 6.61 Å². The van der Waals surface area contributed by atoms with Crippen molar-refractivity contribution >= 4 is 0 Å². The van der Waals surface area contributed by atoms with E-state index in [1.807, 2.05) is 27.7 Å². The fourth-order valence-corrected chi connectivity index (χ4v) is 2.72. The number of halogens is 3. The van der Waals surface area contributed by atoms with Crippen molar-refractivity contribution in [2.45, 2.75) is 58.6 Å². The molecular formula is C16H25F3N2O3. The Kier molecular flexibility index (Phi) is 7.56. The minimum Gasteiger partial charge on any atom is -0.390 e. The third kappa shape index (κ3) is 5.12. The van der Waals surface area contributed by atoms with Gasteiger partial charge in [0, 0.05) is 12.1 Å². The van der Waals surface area contributed by atoms with Gasteiger partial charge in [-0.15, -0.1) is 0 Å². The van der Waals surface area contributed by atoms with Crippen LogP contribution in [0.5, 0.6) is 0 Å². The molecule has 1 aromatic rings. The van der Waals surface area contributed by atoms with Gasteiger partial charge in [-0.2, -0.15) is 13.2 Å². The van der Waals surface area contributed by atoms with Crippen molar-refractivity contribution < 1.29 is 28.1 Å². The van der Waals surface area contributed by atoms with Gasteiger partial charge in [0.15, 0.2) is 5.69 Å². The molecule has 138 valence electrons. The van der Waals surface area contributed by atoms with Crippen molar-refractivity contribution in [3.8, 4) is 0 Å². The van der Waals surface area contributed by atoms with E-state index in [1.54, 1.807) is 0 Å². The number of nitrogens with zero attached hydrogens (tertiary/aromatic N) is 2. The van der Waals surface area contributed by atoms with Crippen molar-refractivity contribution in [1.29, 1.82) is 0 Å². The second kappa shape index (κ2) is 8.73. The maximum absolute atomic E-state index is 12.7. The Hall–Kier alpha value is -1.25. The first-order valence-electron chi connectivity index (χ1n) is 8.06. The highest BCUT2D eigenvalue weighted by Crippen LogP contribution is 2.31. The zero-order valence-corrected chi connectivity index (χ0v) is 14.3. The van der Waals surface area contributed by atoms with Crippen molar-refractivity contribution in [3.63, 3.8) is 0 Å². The standard InChI is InChI=1S/C14H19F3N2O3.C2H6/c1-7(2)13-9(12(21)10(20)6-22-13)3-8-4-18-5-11(19-8)14(15,16)17;1-2/h4-5,7,9-10,12-13,20-21H,3,6H2,1-2H3;1-2H3. The second-order valence-electron chi connectivity index (χ2n) is 5.86. The van der Waals surface area contributed by atoms with Crippen LogP contribution in [-0.4, -0.2) is 45.1 Å². The van der Waals surface area contributed by atoms with Crippen LogP contribution in [0.15, 0.2) is 12.4 Å². The quantitative estimate of drug-likeness (QED) is 0.876. The van der Waals surface area contributed by atoms with Gasteiger partial charge in [-0.05, 0) is 12.3 Å². The summed E-state index contributed by atoms with van der Waals surface area (Å²) in [6.07, 6.45) is -5.11. The van der Waals surface area contributed by atoms with Crippen LogP contribution in [0.1, 0.15) is 39.1 Å². The molecule has 1 saturated heterocycles. The summed E-state index contributed by atoms with van der Waals surface area (Å²) in [6.45, 7) is 7.79. The lowest BCUT2D eigenvalue weighted by molar-refractivity contribution is -0.170. The molecule has 8 heteroatoms. The van der Waals surface area contributed by atoms with Crippen LogP contribution in [0, 0.1) is 11.8 Å². The first kappa shape index (κ1) is 20.8. The third-order valence-corrected chi connectivity index (χ3v) is 3.79. The summed E-state index contributed by atoms with van der Waals surface area (Å²) in [7, 11) is 0. The number of ether oxygens (including phenoxy) is 1. The van der Waals surface area contributed by atoms with E-state index in [0.717, 1.165) is 0 Å². The largest absolute Gasteiger partial charge is 0.434 e. The lowest BCUT2D eigenvalue weighted by Crippen LogP contribution is -2.51. The Morgan fingerprint density at radius 1 is 1.25 bits per heavy atom. The summed E-state index contributed by atoms with van der Waals surface area (Å²) in [5, 5.41) is 19.9. The van der Waals surface area contributed by atoms with Gasteiger partial charge in [0.05, 0.1) is 30.7 Å². The Labute approximate surface area is 139 Å². The van der Waals surface area contributed by atoms with E-state index in [0.29, 0.717) is 6.20 Å². The summed E-state index contributed by atoms with van der Waals surface area (Å²) in [6, 6.07) is 0. The molecule has 1 aliphatic heterocycles. The lowest BCUT2D eigenvalue weighted by Gasteiger charge is -2.40. The van der Waals surface area contributed by atoms with Crippen LogP contribution in [-0.2, 0) is 17.3 Å². The molecule has 4 atom stereocenters. The molecule has 4 unspecified atom stereocenters. The van der Waals surface area contributed by atoms with Crippen molar-refractivity contribution in [3.05, 3.63) is 23.8 Å². The van der Waals surface area contributed by atoms with Gasteiger partial charge in [-0.1, -0.05) is 27.7 Å². The maximum atomic E-state index is 12.7. The van der Waals surface area contributed by atoms with Gasteiger partial charge < -0.3 is 14.9 Å². The molecule has 1 aromatic heterocycles. The van der Waals surface area contributed by atoms with E-state index in [4.69, 9.17) is 4.74 Å². The number of aliphatic hydroxyl groups excluding tert-OH is 2. The highest BCUT2D eigenvalue weighted by atomic mass is 19.4. The maximum Gasteiger partial charge on any atom is 0.434 e. The molecule has 0 bridgehead atoms. The Bertz CT molecular complexity index is 512. The smallest absolute Gasteiger partial charge is 0.390 e. The molecule has 0 aromatic carbocycles. The van der Waals surface area contributed by atoms with Gasteiger partial charge in [0.1, 0.15) is 6.10 Å². The molecule has 0 radical (unpaired) electrons. The molecule has 2 N–H and O–H groups in total. The molecule has 0 amide bonds. The van der Waals surface area contributed by atoms with E-state index in [1.165, 1.54) is 6.20 Å². The Balaban J connectivity index is 0.00000139. The summed E-state index contributed by atoms with van der Waals surface area (Å²) >= 11 is 0. The SMILES string of the molecule is CC.CC(C)C1OCC(O)C(O)C1Cc1cncc(C(F)(F)F)n1. The lowest BCUT2D eigenvalue weighted by atomic mass is 9.81. The Morgan fingerprint density at radius 2 is 1.88 bits per heavy atom. The number of hydrogen-bond acceptors (Lipinski definition) is 5. The summed E-state index contributed by atoms with van der Waals surface area (Å²) < 4.78 is 43.5. The fourth-order valence-electron chi connectivity index (χ4n) is 2.72. The van der Waals surface area contributed by atoms with Gasteiger partial charge in [0.2, 0.25) is 0 Å². The molecule has 24 heavy (non-hydrogen) atoms. The first-order valence-corrected chi connectivity index (χ1v) is 8.06. The fraction of sp³-hybridized carbons (Fsp3) is 0.750. The van der Waals surface area contributed by atoms with E-state index >= 15 is 0 Å². The zero-order valence-electron chi connectivity index (χ0n) is 14.3. The normalized spacial score (nSPS) is 27.6. The molecule has 1 aliphatic rings. The van der Waals surface area contributed by atoms with Gasteiger partial charge in [0.25, 0.3) is 0 Å². The van der Waals surface area contributed by atoms with E-state index < -0.39 is 30.0 Å². The summed E-state index contributed by atoms with van der Waals surface area (Å²) in [5.74, 6) is -0.493. The highest BCUT2D eigenvalue weighted by Gasteiger charge is 2.40. The van der Waals surface area contributed by atoms with Crippen LogP contribution in [0.3, 0.4) is 0 Å². The molecule has 0 spiro atoms. The third-order valence-electron chi connectivity index (χ3n) is 3.79. The van der Waals surface area contributed by atoms with Crippen LogP contribution in [0.2, 0.25) is 0 Å². The predicted molar refractivity (Wildman–Crippen MR) is 82.2 cm³/mol. The predicted octanol–water partition coefficient (Wildman–Crippen LogP) is 2.46. The molecule has 2 rings (SSSR count). The number of aromatic nitrogens is 2. The number of hydrogen-bond donors (Lipinski definition) is 2. The van der Waals surface area contributed by atoms with Crippen LogP contribution >= 0.6 is 0 Å². The van der Waals surface area contributed by atoms with E-state index in [-0.39, 0.29) is 30.7 Å². The molecule has 0 aliphatic carbocycles. The summed E-state index contributed by atoms with van der Waals surface area (Å²) in [4.78, 5) is 7.12. The average molecular weight is 350 g/mol. The zero-order chi connectivity index (χ0) is 18.5. The van der Waals surface area contributed by atoms with Gasteiger partial charge in [-0.3, -0.25) is 4.98 Å². The van der Waals surface area contributed by atoms with Crippen molar-refractivity contribution in [2.24, 2.45) is 11.8 Å². The number of aliphatic hydroxyl groups is 2. The van der Waals surface area contributed by atoms with Crippen LogP contribution in [0.25, 0.3) is 0 Å². The second-order valence-corrected chi connectivity index (χ2v) is 5.86. The first-order chi connectivity index (χ1) is 11.2. The number of rotatable bonds is 3. The van der Waals surface area contributed by atoms with Crippen LogP contribution < -0.4 is 0 Å². The van der Waals surface area contributed by atoms with Crippen LogP contribution in [0.4, 0.5) is 13.2 Å². The summed E-state index contributed by atoms with van der Waals surface area (Å²) in [5.41, 5.74) is -0.958. The molecule has 1 fully saturated rings. The molecular weight excluding hydrogens is 325 g/mol. The van der Waals surface area contributed by atoms with E-state index in [9.17, 15) is 23.4 Å². The van der Waals surface area contributed by atoms with Gasteiger partial charge >= 0.3 is 6.18 Å². The topological polar surface area (TPSA) is 75.5 Å². The number of alkyl halides is 3. The molecule has 5 nitrogen and oxygen atoms in total. The van der Waals surface area contributed by atoms with Crippen molar-refractivity contribution in [1.82, 2.24) is 9.97 Å².